The Morgan fingerprint density at radius 2 is 1.80 bits per heavy atom. The molecule has 5 nitrogen and oxygen atoms in total. The Morgan fingerprint density at radius 1 is 1.07 bits per heavy atom. The van der Waals surface area contributed by atoms with Gasteiger partial charge in [-0.2, -0.15) is 0 Å². The maximum atomic E-state index is 12.7. The van der Waals surface area contributed by atoms with E-state index in [0.717, 1.165) is 11.1 Å². The number of ether oxygens (including phenoxy) is 2. The highest BCUT2D eigenvalue weighted by molar-refractivity contribution is 6.30. The van der Waals surface area contributed by atoms with Crippen molar-refractivity contribution in [3.05, 3.63) is 88.9 Å². The summed E-state index contributed by atoms with van der Waals surface area (Å²) in [6.45, 7) is 1.45. The summed E-state index contributed by atoms with van der Waals surface area (Å²) in [7, 11) is 0. The second kappa shape index (κ2) is 8.59. The molecule has 1 aliphatic heterocycles. The lowest BCUT2D eigenvalue weighted by Gasteiger charge is -2.32. The van der Waals surface area contributed by atoms with E-state index in [1.54, 1.807) is 43.3 Å². The molecule has 0 aliphatic carbocycles. The van der Waals surface area contributed by atoms with Gasteiger partial charge in [0.1, 0.15) is 18.0 Å². The van der Waals surface area contributed by atoms with E-state index < -0.39 is 12.1 Å². The van der Waals surface area contributed by atoms with Gasteiger partial charge < -0.3 is 9.47 Å². The van der Waals surface area contributed by atoms with Gasteiger partial charge in [-0.1, -0.05) is 54.1 Å². The van der Waals surface area contributed by atoms with Crippen LogP contribution in [0.25, 0.3) is 0 Å². The van der Waals surface area contributed by atoms with Crippen LogP contribution in [0.2, 0.25) is 5.02 Å². The lowest BCUT2D eigenvalue weighted by molar-refractivity contribution is -0.135. The number of carbonyl (C=O) groups is 2. The number of esters is 1. The Kier molecular flexibility index (Phi) is 5.72. The molecule has 1 amide bonds. The first-order chi connectivity index (χ1) is 14.5. The van der Waals surface area contributed by atoms with Gasteiger partial charge in [-0.05, 0) is 42.8 Å². The number of rotatable bonds is 5. The summed E-state index contributed by atoms with van der Waals surface area (Å²) in [6, 6.07) is 22.1. The third kappa shape index (κ3) is 4.31. The fourth-order valence-corrected chi connectivity index (χ4v) is 3.60. The van der Waals surface area contributed by atoms with Crippen LogP contribution in [0.3, 0.4) is 0 Å². The highest BCUT2D eigenvalue weighted by Crippen LogP contribution is 2.33. The highest BCUT2D eigenvalue weighted by atomic mass is 35.5. The molecule has 6 heteroatoms. The first-order valence-electron chi connectivity index (χ1n) is 9.61. The summed E-state index contributed by atoms with van der Waals surface area (Å²) in [5.74, 6) is 0.166. The van der Waals surface area contributed by atoms with Crippen molar-refractivity contribution in [2.75, 3.05) is 11.4 Å². The van der Waals surface area contributed by atoms with Crippen LogP contribution in [0, 0.1) is 0 Å². The second-order valence-electron chi connectivity index (χ2n) is 7.04. The van der Waals surface area contributed by atoms with Gasteiger partial charge >= 0.3 is 5.97 Å². The van der Waals surface area contributed by atoms with Gasteiger partial charge in [0, 0.05) is 17.0 Å². The van der Waals surface area contributed by atoms with Gasteiger partial charge in [-0.3, -0.25) is 9.69 Å². The van der Waals surface area contributed by atoms with Crippen molar-refractivity contribution in [2.24, 2.45) is 0 Å². The number of halogens is 1. The van der Waals surface area contributed by atoms with Crippen LogP contribution in [-0.4, -0.2) is 24.5 Å². The summed E-state index contributed by atoms with van der Waals surface area (Å²) in [4.78, 5) is 26.7. The number of nitrogens with zero attached hydrogens (tertiary/aromatic N) is 1. The van der Waals surface area contributed by atoms with Crippen LogP contribution in [0.15, 0.2) is 72.8 Å². The maximum absolute atomic E-state index is 12.7. The molecule has 0 spiro atoms. The van der Waals surface area contributed by atoms with Crippen molar-refractivity contribution in [3.8, 4) is 11.5 Å². The van der Waals surface area contributed by atoms with Crippen molar-refractivity contribution < 1.29 is 19.1 Å². The molecule has 1 aliphatic rings. The van der Waals surface area contributed by atoms with Crippen LogP contribution >= 0.6 is 11.6 Å². The molecule has 1 heterocycles. The lowest BCUT2D eigenvalue weighted by atomic mass is 10.0. The topological polar surface area (TPSA) is 55.8 Å². The monoisotopic (exact) mass is 421 g/mol. The van der Waals surface area contributed by atoms with Gasteiger partial charge in [-0.15, -0.1) is 0 Å². The number of hydrogen-bond acceptors (Lipinski definition) is 4. The van der Waals surface area contributed by atoms with Crippen LogP contribution in [-0.2, 0) is 16.0 Å². The fourth-order valence-electron chi connectivity index (χ4n) is 3.41. The SMILES string of the molecule is CC1Oc2ccccc2N(CC(=O)Oc2ccc(Cl)cc2Cc2ccccc2)C1=O. The molecular weight excluding hydrogens is 402 g/mol. The predicted molar refractivity (Wildman–Crippen MR) is 115 cm³/mol. The number of benzene rings is 3. The van der Waals surface area contributed by atoms with E-state index in [-0.39, 0.29) is 12.5 Å². The van der Waals surface area contributed by atoms with E-state index in [9.17, 15) is 9.59 Å². The molecule has 1 unspecified atom stereocenters. The molecule has 30 heavy (non-hydrogen) atoms. The van der Waals surface area contributed by atoms with Gasteiger partial charge in [0.25, 0.3) is 5.91 Å². The molecule has 0 saturated carbocycles. The standard InChI is InChI=1S/C24H20ClNO4/c1-16-24(28)26(20-9-5-6-10-22(20)29-16)15-23(27)30-21-12-11-19(25)14-18(21)13-17-7-3-2-4-8-17/h2-12,14,16H,13,15H2,1H3. The second-order valence-corrected chi connectivity index (χ2v) is 7.48. The normalized spacial score (nSPS) is 15.3. The molecule has 0 saturated heterocycles. The third-order valence-electron chi connectivity index (χ3n) is 4.84. The van der Waals surface area contributed by atoms with Gasteiger partial charge in [0.2, 0.25) is 0 Å². The van der Waals surface area contributed by atoms with Crippen molar-refractivity contribution in [1.29, 1.82) is 0 Å². The summed E-state index contributed by atoms with van der Waals surface area (Å²) in [5.41, 5.74) is 2.42. The third-order valence-corrected chi connectivity index (χ3v) is 5.08. The maximum Gasteiger partial charge on any atom is 0.331 e. The van der Waals surface area contributed by atoms with Gasteiger partial charge in [0.15, 0.2) is 6.10 Å². The molecule has 3 aromatic carbocycles. The summed E-state index contributed by atoms with van der Waals surface area (Å²) >= 11 is 6.16. The number of carbonyl (C=O) groups excluding carboxylic acids is 2. The number of para-hydroxylation sites is 2. The van der Waals surface area contributed by atoms with Gasteiger partial charge in [0.05, 0.1) is 5.69 Å². The van der Waals surface area contributed by atoms with Crippen LogP contribution in [0.4, 0.5) is 5.69 Å². The molecule has 0 fully saturated rings. The Hall–Kier alpha value is -3.31. The molecular formula is C24H20ClNO4. The van der Waals surface area contributed by atoms with E-state index in [2.05, 4.69) is 0 Å². The molecule has 0 bridgehead atoms. The van der Waals surface area contributed by atoms with E-state index in [0.29, 0.717) is 28.6 Å². The van der Waals surface area contributed by atoms with Crippen LogP contribution in [0.1, 0.15) is 18.1 Å². The summed E-state index contributed by atoms with van der Waals surface area (Å²) < 4.78 is 11.3. The first kappa shape index (κ1) is 20.0. The van der Waals surface area contributed by atoms with E-state index in [1.807, 2.05) is 36.4 Å². The number of amides is 1. The van der Waals surface area contributed by atoms with Crippen LogP contribution in [0.5, 0.6) is 11.5 Å². The lowest BCUT2D eigenvalue weighted by Crippen LogP contribution is -2.47. The summed E-state index contributed by atoms with van der Waals surface area (Å²) in [5, 5.41) is 0.562. The zero-order valence-electron chi connectivity index (χ0n) is 16.4. The molecule has 1 atom stereocenters. The van der Waals surface area contributed by atoms with Crippen molar-refractivity contribution >= 4 is 29.2 Å². The predicted octanol–water partition coefficient (Wildman–Crippen LogP) is 4.65. The first-order valence-corrected chi connectivity index (χ1v) is 9.99. The Balaban J connectivity index is 1.54. The van der Waals surface area contributed by atoms with E-state index in [4.69, 9.17) is 21.1 Å². The minimum atomic E-state index is -0.670. The molecule has 152 valence electrons. The number of anilines is 1. The summed E-state index contributed by atoms with van der Waals surface area (Å²) in [6.07, 6.45) is -0.0998. The van der Waals surface area contributed by atoms with Crippen LogP contribution < -0.4 is 14.4 Å². The highest BCUT2D eigenvalue weighted by Gasteiger charge is 2.33. The van der Waals surface area contributed by atoms with E-state index in [1.165, 1.54) is 4.90 Å². The number of fused-ring (bicyclic) bond motifs is 1. The van der Waals surface area contributed by atoms with Crippen molar-refractivity contribution in [3.63, 3.8) is 0 Å². The van der Waals surface area contributed by atoms with E-state index >= 15 is 0 Å². The average molecular weight is 422 g/mol. The molecule has 3 aromatic rings. The molecule has 4 rings (SSSR count). The average Bonchev–Trinajstić information content (AvgIpc) is 2.74. The zero-order chi connectivity index (χ0) is 21.1. The molecule has 0 N–H and O–H groups in total. The fraction of sp³-hybridized carbons (Fsp3) is 0.167. The smallest absolute Gasteiger partial charge is 0.331 e. The Morgan fingerprint density at radius 3 is 2.60 bits per heavy atom. The van der Waals surface area contributed by atoms with Crippen molar-refractivity contribution in [1.82, 2.24) is 0 Å². The quantitative estimate of drug-likeness (QED) is 0.444. The molecule has 0 aromatic heterocycles. The molecule has 0 radical (unpaired) electrons. The Labute approximate surface area is 179 Å². The minimum Gasteiger partial charge on any atom is -0.479 e. The zero-order valence-corrected chi connectivity index (χ0v) is 17.1. The Bertz CT molecular complexity index is 1080. The van der Waals surface area contributed by atoms with Crippen molar-refractivity contribution in [2.45, 2.75) is 19.4 Å². The number of hydrogen-bond donors (Lipinski definition) is 0. The minimum absolute atomic E-state index is 0.211. The largest absolute Gasteiger partial charge is 0.479 e. The van der Waals surface area contributed by atoms with Gasteiger partial charge in [-0.25, -0.2) is 4.79 Å².